The minimum absolute atomic E-state index is 0.0821. The van der Waals surface area contributed by atoms with Gasteiger partial charge in [0.15, 0.2) is 0 Å². The molecule has 0 spiro atoms. The van der Waals surface area contributed by atoms with Gasteiger partial charge < -0.3 is 0 Å². The molecule has 15 heavy (non-hydrogen) atoms. The number of carbonyl (C=O) groups is 1. The number of nitrogens with one attached hydrogen (secondary N) is 1. The molecule has 4 nitrogen and oxygen atoms in total. The standard InChI is InChI=1S/C11H15N3O/c1-14(2)13-10(15)11(5-6-11)9-3-7-12-8-4-9/h3-4,7-8H,5-6H2,1-2H3,(H,13,15). The van der Waals surface area contributed by atoms with Gasteiger partial charge in [-0.1, -0.05) is 0 Å². The third-order valence-corrected chi connectivity index (χ3v) is 2.74. The van der Waals surface area contributed by atoms with Crippen molar-refractivity contribution in [2.75, 3.05) is 14.1 Å². The molecule has 80 valence electrons. The molecular weight excluding hydrogens is 190 g/mol. The first-order valence-corrected chi connectivity index (χ1v) is 5.04. The van der Waals surface area contributed by atoms with Crippen LogP contribution >= 0.6 is 0 Å². The number of rotatable bonds is 3. The lowest BCUT2D eigenvalue weighted by Gasteiger charge is -2.19. The van der Waals surface area contributed by atoms with Crippen LogP contribution in [-0.2, 0) is 10.2 Å². The van der Waals surface area contributed by atoms with Crippen LogP contribution in [0.2, 0.25) is 0 Å². The van der Waals surface area contributed by atoms with E-state index < -0.39 is 0 Å². The maximum atomic E-state index is 12.0. The molecular formula is C11H15N3O. The first kappa shape index (κ1) is 10.1. The molecule has 1 N–H and O–H groups in total. The van der Waals surface area contributed by atoms with E-state index in [-0.39, 0.29) is 11.3 Å². The summed E-state index contributed by atoms with van der Waals surface area (Å²) in [6, 6.07) is 3.84. The molecule has 0 atom stereocenters. The van der Waals surface area contributed by atoms with E-state index in [2.05, 4.69) is 10.4 Å². The van der Waals surface area contributed by atoms with Crippen LogP contribution < -0.4 is 5.43 Å². The van der Waals surface area contributed by atoms with E-state index >= 15 is 0 Å². The third kappa shape index (κ3) is 1.85. The van der Waals surface area contributed by atoms with Crippen molar-refractivity contribution in [2.45, 2.75) is 18.3 Å². The van der Waals surface area contributed by atoms with Gasteiger partial charge in [-0.15, -0.1) is 0 Å². The fourth-order valence-electron chi connectivity index (χ4n) is 1.75. The highest BCUT2D eigenvalue weighted by Gasteiger charge is 2.51. The average Bonchev–Trinajstić information content (AvgIpc) is 2.99. The van der Waals surface area contributed by atoms with Crippen LogP contribution in [0.4, 0.5) is 0 Å². The van der Waals surface area contributed by atoms with Gasteiger partial charge in [0.05, 0.1) is 5.41 Å². The van der Waals surface area contributed by atoms with Gasteiger partial charge in [0.25, 0.3) is 0 Å². The average molecular weight is 205 g/mol. The molecule has 1 saturated carbocycles. The summed E-state index contributed by atoms with van der Waals surface area (Å²) in [6.45, 7) is 0. The monoisotopic (exact) mass is 205 g/mol. The predicted octanol–water partition coefficient (Wildman–Crippen LogP) is 0.706. The van der Waals surface area contributed by atoms with Crippen LogP contribution in [0.5, 0.6) is 0 Å². The zero-order valence-electron chi connectivity index (χ0n) is 9.03. The van der Waals surface area contributed by atoms with Gasteiger partial charge in [0, 0.05) is 26.5 Å². The molecule has 1 fully saturated rings. The van der Waals surface area contributed by atoms with Crippen LogP contribution in [0.25, 0.3) is 0 Å². The summed E-state index contributed by atoms with van der Waals surface area (Å²) in [6.07, 6.45) is 5.32. The normalized spacial score (nSPS) is 17.5. The molecule has 1 aromatic heterocycles. The second kappa shape index (κ2) is 3.62. The summed E-state index contributed by atoms with van der Waals surface area (Å²) in [7, 11) is 3.64. The second-order valence-electron chi connectivity index (χ2n) is 4.15. The lowest BCUT2D eigenvalue weighted by Crippen LogP contribution is -2.42. The Morgan fingerprint density at radius 2 is 2.00 bits per heavy atom. The second-order valence-corrected chi connectivity index (χ2v) is 4.15. The van der Waals surface area contributed by atoms with E-state index in [4.69, 9.17) is 0 Å². The zero-order valence-corrected chi connectivity index (χ0v) is 9.03. The van der Waals surface area contributed by atoms with E-state index in [1.54, 1.807) is 17.4 Å². The van der Waals surface area contributed by atoms with Gasteiger partial charge in [-0.05, 0) is 30.5 Å². The molecule has 1 amide bonds. The molecule has 0 saturated heterocycles. The van der Waals surface area contributed by atoms with Crippen molar-refractivity contribution in [1.82, 2.24) is 15.4 Å². The van der Waals surface area contributed by atoms with E-state index in [0.29, 0.717) is 0 Å². The first-order valence-electron chi connectivity index (χ1n) is 5.04. The largest absolute Gasteiger partial charge is 0.289 e. The Labute approximate surface area is 89.3 Å². The maximum absolute atomic E-state index is 12.0. The molecule has 0 unspecified atom stereocenters. The number of hydrogen-bond donors (Lipinski definition) is 1. The number of aromatic nitrogens is 1. The van der Waals surface area contributed by atoms with Gasteiger partial charge >= 0.3 is 0 Å². The van der Waals surface area contributed by atoms with Crippen LogP contribution in [-0.4, -0.2) is 30.0 Å². The highest BCUT2D eigenvalue weighted by Crippen LogP contribution is 2.48. The topological polar surface area (TPSA) is 45.2 Å². The smallest absolute Gasteiger partial charge is 0.244 e. The van der Waals surface area contributed by atoms with E-state index in [0.717, 1.165) is 18.4 Å². The lowest BCUT2D eigenvalue weighted by atomic mass is 9.96. The zero-order chi connectivity index (χ0) is 10.9. The van der Waals surface area contributed by atoms with Crippen molar-refractivity contribution < 1.29 is 4.79 Å². The molecule has 1 heterocycles. The molecule has 1 aliphatic rings. The Hall–Kier alpha value is -1.42. The Balaban J connectivity index is 2.18. The quantitative estimate of drug-likeness (QED) is 0.739. The van der Waals surface area contributed by atoms with Crippen LogP contribution in [0.1, 0.15) is 18.4 Å². The van der Waals surface area contributed by atoms with Crippen molar-refractivity contribution >= 4 is 5.91 Å². The Morgan fingerprint density at radius 1 is 1.40 bits per heavy atom. The number of amides is 1. The van der Waals surface area contributed by atoms with Crippen molar-refractivity contribution in [3.8, 4) is 0 Å². The van der Waals surface area contributed by atoms with Gasteiger partial charge in [0.1, 0.15) is 0 Å². The lowest BCUT2D eigenvalue weighted by molar-refractivity contribution is -0.127. The molecule has 0 aromatic carbocycles. The summed E-state index contributed by atoms with van der Waals surface area (Å²) < 4.78 is 0. The minimum atomic E-state index is -0.298. The van der Waals surface area contributed by atoms with Gasteiger partial charge in [0.2, 0.25) is 5.91 Å². The van der Waals surface area contributed by atoms with E-state index in [1.165, 1.54) is 0 Å². The number of nitrogens with zero attached hydrogens (tertiary/aromatic N) is 2. The van der Waals surface area contributed by atoms with Crippen LogP contribution in [0.3, 0.4) is 0 Å². The molecule has 0 radical (unpaired) electrons. The Kier molecular flexibility index (Phi) is 2.44. The van der Waals surface area contributed by atoms with Crippen LogP contribution in [0, 0.1) is 0 Å². The minimum Gasteiger partial charge on any atom is -0.289 e. The summed E-state index contributed by atoms with van der Waals surface area (Å²) in [4.78, 5) is 15.9. The van der Waals surface area contributed by atoms with Crippen molar-refractivity contribution in [1.29, 1.82) is 0 Å². The maximum Gasteiger partial charge on any atom is 0.244 e. The van der Waals surface area contributed by atoms with Crippen molar-refractivity contribution in [3.63, 3.8) is 0 Å². The van der Waals surface area contributed by atoms with E-state index in [1.807, 2.05) is 26.2 Å². The first-order chi connectivity index (χ1) is 7.15. The van der Waals surface area contributed by atoms with Gasteiger partial charge in [-0.25, -0.2) is 5.01 Å². The number of pyridine rings is 1. The Morgan fingerprint density at radius 3 is 2.47 bits per heavy atom. The number of carbonyl (C=O) groups excluding carboxylic acids is 1. The summed E-state index contributed by atoms with van der Waals surface area (Å²) in [5.74, 6) is 0.0821. The van der Waals surface area contributed by atoms with Crippen molar-refractivity contribution in [2.24, 2.45) is 0 Å². The fourth-order valence-corrected chi connectivity index (χ4v) is 1.75. The molecule has 1 aromatic rings. The van der Waals surface area contributed by atoms with Gasteiger partial charge in [-0.2, -0.15) is 0 Å². The number of hydrazine groups is 1. The fraction of sp³-hybridized carbons (Fsp3) is 0.455. The molecule has 0 bridgehead atoms. The SMILES string of the molecule is CN(C)NC(=O)C1(c2ccncc2)CC1. The summed E-state index contributed by atoms with van der Waals surface area (Å²) >= 11 is 0. The molecule has 4 heteroatoms. The number of hydrogen-bond acceptors (Lipinski definition) is 3. The molecule has 2 rings (SSSR count). The highest BCUT2D eigenvalue weighted by molar-refractivity contribution is 5.90. The van der Waals surface area contributed by atoms with Crippen LogP contribution in [0.15, 0.2) is 24.5 Å². The summed E-state index contributed by atoms with van der Waals surface area (Å²) in [5, 5.41) is 1.68. The highest BCUT2D eigenvalue weighted by atomic mass is 16.2. The summed E-state index contributed by atoms with van der Waals surface area (Å²) in [5.41, 5.74) is 3.59. The van der Waals surface area contributed by atoms with Gasteiger partial charge in [-0.3, -0.25) is 15.2 Å². The molecule has 1 aliphatic carbocycles. The van der Waals surface area contributed by atoms with E-state index in [9.17, 15) is 4.79 Å². The Bertz CT molecular complexity index is 357. The van der Waals surface area contributed by atoms with Crippen molar-refractivity contribution in [3.05, 3.63) is 30.1 Å². The predicted molar refractivity (Wildman–Crippen MR) is 57.0 cm³/mol. The molecule has 0 aliphatic heterocycles. The third-order valence-electron chi connectivity index (χ3n) is 2.74.